The molecule has 2 atom stereocenters. The molecule has 1 fully saturated rings. The first-order chi connectivity index (χ1) is 5.66. The van der Waals surface area contributed by atoms with Gasteiger partial charge in [0.1, 0.15) is 0 Å². The van der Waals surface area contributed by atoms with Crippen molar-refractivity contribution in [2.45, 2.75) is 39.7 Å². The molecule has 1 rings (SSSR count). The highest BCUT2D eigenvalue weighted by Crippen LogP contribution is 2.39. The number of nitrogens with one attached hydrogen (secondary N) is 1. The van der Waals surface area contributed by atoms with Crippen molar-refractivity contribution in [3.8, 4) is 0 Å². The van der Waals surface area contributed by atoms with Crippen LogP contribution in [0.4, 0.5) is 0 Å². The van der Waals surface area contributed by atoms with Gasteiger partial charge in [-0.2, -0.15) is 0 Å². The van der Waals surface area contributed by atoms with Gasteiger partial charge in [-0.15, -0.1) is 0 Å². The molecule has 1 nitrogen and oxygen atoms in total. The molecular weight excluding hydrogens is 146 g/mol. The first kappa shape index (κ1) is 9.79. The largest absolute Gasteiger partial charge is 0.310 e. The molecule has 0 heterocycles. The van der Waals surface area contributed by atoms with Crippen LogP contribution in [-0.4, -0.2) is 12.6 Å². The molecule has 2 unspecified atom stereocenters. The molecule has 0 spiro atoms. The van der Waals surface area contributed by atoms with Gasteiger partial charge >= 0.3 is 0 Å². The van der Waals surface area contributed by atoms with Crippen LogP contribution < -0.4 is 5.32 Å². The summed E-state index contributed by atoms with van der Waals surface area (Å²) in [7, 11) is 0. The van der Waals surface area contributed by atoms with Crippen LogP contribution in [0, 0.1) is 11.8 Å². The van der Waals surface area contributed by atoms with E-state index in [-0.39, 0.29) is 0 Å². The van der Waals surface area contributed by atoms with E-state index in [2.05, 4.69) is 32.7 Å². The van der Waals surface area contributed by atoms with E-state index in [9.17, 15) is 0 Å². The fraction of sp³-hybridized carbons (Fsp3) is 0.818. The van der Waals surface area contributed by atoms with Crippen LogP contribution in [0.25, 0.3) is 0 Å². The third kappa shape index (κ3) is 2.34. The van der Waals surface area contributed by atoms with Crippen molar-refractivity contribution in [3.05, 3.63) is 12.2 Å². The van der Waals surface area contributed by atoms with E-state index >= 15 is 0 Å². The van der Waals surface area contributed by atoms with Gasteiger partial charge in [0.25, 0.3) is 0 Å². The summed E-state index contributed by atoms with van der Waals surface area (Å²) in [6.07, 6.45) is 2.85. The summed E-state index contributed by atoms with van der Waals surface area (Å²) in [5.41, 5.74) is 1.29. The van der Waals surface area contributed by atoms with E-state index in [4.69, 9.17) is 0 Å². The van der Waals surface area contributed by atoms with Crippen LogP contribution in [0.2, 0.25) is 0 Å². The Balaban J connectivity index is 2.44. The summed E-state index contributed by atoms with van der Waals surface area (Å²) in [6.45, 7) is 11.7. The Labute approximate surface area is 76.2 Å². The summed E-state index contributed by atoms with van der Waals surface area (Å²) in [6, 6.07) is 0.544. The van der Waals surface area contributed by atoms with E-state index in [0.29, 0.717) is 6.04 Å². The zero-order chi connectivity index (χ0) is 9.14. The SMILES string of the molecule is C=C(C)C(NCC)C(C)C1CC1. The summed E-state index contributed by atoms with van der Waals surface area (Å²) in [4.78, 5) is 0. The van der Waals surface area contributed by atoms with Gasteiger partial charge in [0.05, 0.1) is 0 Å². The van der Waals surface area contributed by atoms with Crippen molar-refractivity contribution < 1.29 is 0 Å². The van der Waals surface area contributed by atoms with E-state index in [1.54, 1.807) is 0 Å². The second-order valence-electron chi connectivity index (χ2n) is 4.08. The van der Waals surface area contributed by atoms with Crippen LogP contribution in [0.1, 0.15) is 33.6 Å². The zero-order valence-corrected chi connectivity index (χ0v) is 8.56. The topological polar surface area (TPSA) is 12.0 Å². The van der Waals surface area contributed by atoms with Gasteiger partial charge in [-0.25, -0.2) is 0 Å². The van der Waals surface area contributed by atoms with Crippen LogP contribution >= 0.6 is 0 Å². The van der Waals surface area contributed by atoms with E-state index < -0.39 is 0 Å². The molecule has 1 aliphatic carbocycles. The average Bonchev–Trinajstić information content (AvgIpc) is 2.80. The van der Waals surface area contributed by atoms with Crippen molar-refractivity contribution in [1.29, 1.82) is 0 Å². The zero-order valence-electron chi connectivity index (χ0n) is 8.56. The molecule has 12 heavy (non-hydrogen) atoms. The molecule has 1 heteroatoms. The minimum atomic E-state index is 0.544. The molecule has 0 bridgehead atoms. The lowest BCUT2D eigenvalue weighted by Gasteiger charge is -2.25. The summed E-state index contributed by atoms with van der Waals surface area (Å²) in [5.74, 6) is 1.74. The molecular formula is C11H21N. The maximum absolute atomic E-state index is 4.04. The summed E-state index contributed by atoms with van der Waals surface area (Å²) < 4.78 is 0. The van der Waals surface area contributed by atoms with Gasteiger partial charge in [0, 0.05) is 6.04 Å². The normalized spacial score (nSPS) is 21.9. The lowest BCUT2D eigenvalue weighted by Crippen LogP contribution is -2.36. The predicted octanol–water partition coefficient (Wildman–Crippen LogP) is 2.59. The first-order valence-electron chi connectivity index (χ1n) is 5.05. The number of likely N-dealkylation sites (N-methyl/N-ethyl adjacent to an activating group) is 1. The Morgan fingerprint density at radius 1 is 1.58 bits per heavy atom. The van der Waals surface area contributed by atoms with Gasteiger partial charge in [-0.3, -0.25) is 0 Å². The highest BCUT2D eigenvalue weighted by Gasteiger charge is 2.32. The van der Waals surface area contributed by atoms with Crippen LogP contribution in [0.15, 0.2) is 12.2 Å². The molecule has 0 aromatic heterocycles. The maximum Gasteiger partial charge on any atom is 0.0302 e. The van der Waals surface area contributed by atoms with Gasteiger partial charge in [-0.05, 0) is 38.1 Å². The van der Waals surface area contributed by atoms with Crippen molar-refractivity contribution >= 4 is 0 Å². The van der Waals surface area contributed by atoms with Gasteiger partial charge < -0.3 is 5.32 Å². The van der Waals surface area contributed by atoms with Crippen molar-refractivity contribution in [2.75, 3.05) is 6.54 Å². The Hall–Kier alpha value is -0.300. The van der Waals surface area contributed by atoms with Crippen LogP contribution in [-0.2, 0) is 0 Å². The van der Waals surface area contributed by atoms with Crippen LogP contribution in [0.5, 0.6) is 0 Å². The molecule has 0 saturated heterocycles. The smallest absolute Gasteiger partial charge is 0.0302 e. The second kappa shape index (κ2) is 4.08. The van der Waals surface area contributed by atoms with Crippen molar-refractivity contribution in [1.82, 2.24) is 5.32 Å². The van der Waals surface area contributed by atoms with E-state index in [1.165, 1.54) is 18.4 Å². The molecule has 0 aromatic carbocycles. The molecule has 0 amide bonds. The predicted molar refractivity (Wildman–Crippen MR) is 54.2 cm³/mol. The minimum absolute atomic E-state index is 0.544. The molecule has 1 aliphatic rings. The van der Waals surface area contributed by atoms with Gasteiger partial charge in [0.2, 0.25) is 0 Å². The fourth-order valence-electron chi connectivity index (χ4n) is 1.92. The first-order valence-corrected chi connectivity index (χ1v) is 5.05. The summed E-state index contributed by atoms with van der Waals surface area (Å²) >= 11 is 0. The lowest BCUT2D eigenvalue weighted by atomic mass is 9.92. The van der Waals surface area contributed by atoms with Crippen molar-refractivity contribution in [3.63, 3.8) is 0 Å². The third-order valence-corrected chi connectivity index (χ3v) is 2.85. The molecule has 0 aliphatic heterocycles. The van der Waals surface area contributed by atoms with Gasteiger partial charge in [0.15, 0.2) is 0 Å². The average molecular weight is 167 g/mol. The quantitative estimate of drug-likeness (QED) is 0.621. The fourth-order valence-corrected chi connectivity index (χ4v) is 1.92. The Morgan fingerprint density at radius 2 is 2.17 bits per heavy atom. The maximum atomic E-state index is 4.04. The van der Waals surface area contributed by atoms with Crippen LogP contribution in [0.3, 0.4) is 0 Å². The number of hydrogen-bond acceptors (Lipinski definition) is 1. The molecule has 70 valence electrons. The van der Waals surface area contributed by atoms with E-state index in [1.807, 2.05) is 0 Å². The number of hydrogen-bond donors (Lipinski definition) is 1. The van der Waals surface area contributed by atoms with Crippen molar-refractivity contribution in [2.24, 2.45) is 11.8 Å². The summed E-state index contributed by atoms with van der Waals surface area (Å²) in [5, 5.41) is 3.50. The Bertz CT molecular complexity index is 158. The van der Waals surface area contributed by atoms with E-state index in [0.717, 1.165) is 18.4 Å². The molecule has 0 radical (unpaired) electrons. The highest BCUT2D eigenvalue weighted by molar-refractivity contribution is 5.06. The number of rotatable bonds is 5. The molecule has 1 N–H and O–H groups in total. The molecule has 0 aromatic rings. The Kier molecular flexibility index (Phi) is 3.33. The highest BCUT2D eigenvalue weighted by atomic mass is 14.9. The van der Waals surface area contributed by atoms with Gasteiger partial charge in [-0.1, -0.05) is 26.0 Å². The monoisotopic (exact) mass is 167 g/mol. The standard InChI is InChI=1S/C11H21N/c1-5-12-11(8(2)3)9(4)10-6-7-10/h9-12H,2,5-7H2,1,3-4H3. The minimum Gasteiger partial charge on any atom is -0.310 e. The Morgan fingerprint density at radius 3 is 2.50 bits per heavy atom. The third-order valence-electron chi connectivity index (χ3n) is 2.85. The second-order valence-corrected chi connectivity index (χ2v) is 4.08. The lowest BCUT2D eigenvalue weighted by molar-refractivity contribution is 0.385. The molecule has 1 saturated carbocycles.